The number of carbonyl (C=O) groups excluding carboxylic acids is 1. The smallest absolute Gasteiger partial charge is 0.410 e. The number of ether oxygens (including phenoxy) is 3. The van der Waals surface area contributed by atoms with Gasteiger partial charge in [-0.05, 0) is 56.2 Å². The number of benzene rings is 3. The molecule has 1 amide bonds. The van der Waals surface area contributed by atoms with Crippen LogP contribution in [0.1, 0.15) is 31.9 Å². The number of nitrogens with zero attached hydrogens (tertiary/aromatic N) is 5. The Morgan fingerprint density at radius 1 is 0.857 bits per heavy atom. The second-order valence-electron chi connectivity index (χ2n) is 12.9. The standard InChI is InChI=1S/C37H38F3N5O4/c1-36(2,3)49-35(46)45-20-19-44(22-31(45)37(38,39)40)27-15-16-28-30(21-27)43(4)42-33(28)29-17-18-32(47-23-25-11-7-5-8-12-25)41-34(29)48-24-26-13-9-6-10-14-26/h5-18,21,31H,19-20,22-24H2,1-4H3/t31-/m1/s1. The lowest BCUT2D eigenvalue weighted by atomic mass is 10.1. The van der Waals surface area contributed by atoms with Gasteiger partial charge in [-0.3, -0.25) is 9.58 Å². The average molecular weight is 674 g/mol. The van der Waals surface area contributed by atoms with Gasteiger partial charge in [-0.1, -0.05) is 60.7 Å². The maximum absolute atomic E-state index is 14.2. The summed E-state index contributed by atoms with van der Waals surface area (Å²) in [5.41, 5.74) is 3.60. The molecule has 1 aliphatic heterocycles. The predicted octanol–water partition coefficient (Wildman–Crippen LogP) is 7.78. The molecule has 3 heterocycles. The molecular weight excluding hydrogens is 635 g/mol. The van der Waals surface area contributed by atoms with Gasteiger partial charge < -0.3 is 19.1 Å². The van der Waals surface area contributed by atoms with Crippen molar-refractivity contribution in [1.82, 2.24) is 19.7 Å². The first kappa shape index (κ1) is 33.6. The second-order valence-corrected chi connectivity index (χ2v) is 12.9. The fourth-order valence-electron chi connectivity index (χ4n) is 5.73. The summed E-state index contributed by atoms with van der Waals surface area (Å²) in [4.78, 5) is 19.8. The average Bonchev–Trinajstić information content (AvgIpc) is 3.41. The highest BCUT2D eigenvalue weighted by atomic mass is 19.4. The Bertz CT molecular complexity index is 1910. The second kappa shape index (κ2) is 13.7. The van der Waals surface area contributed by atoms with Gasteiger partial charge in [-0.25, -0.2) is 4.79 Å². The van der Waals surface area contributed by atoms with Crippen molar-refractivity contribution < 1.29 is 32.2 Å². The highest BCUT2D eigenvalue weighted by molar-refractivity contribution is 5.96. The van der Waals surface area contributed by atoms with Crippen molar-refractivity contribution >= 4 is 22.7 Å². The van der Waals surface area contributed by atoms with E-state index in [0.29, 0.717) is 40.8 Å². The number of aryl methyl sites for hydroxylation is 1. The monoisotopic (exact) mass is 673 g/mol. The maximum atomic E-state index is 14.2. The number of pyridine rings is 1. The molecular formula is C37H38F3N5O4. The van der Waals surface area contributed by atoms with E-state index in [-0.39, 0.29) is 19.7 Å². The Kier molecular flexibility index (Phi) is 9.40. The highest BCUT2D eigenvalue weighted by Gasteiger charge is 2.49. The molecule has 5 aromatic rings. The first-order valence-electron chi connectivity index (χ1n) is 16.0. The number of hydrogen-bond acceptors (Lipinski definition) is 7. The molecule has 3 aromatic carbocycles. The van der Waals surface area contributed by atoms with Crippen molar-refractivity contribution in [2.24, 2.45) is 7.05 Å². The lowest BCUT2D eigenvalue weighted by Gasteiger charge is -2.43. The van der Waals surface area contributed by atoms with Crippen LogP contribution in [0, 0.1) is 0 Å². The Morgan fingerprint density at radius 3 is 2.14 bits per heavy atom. The van der Waals surface area contributed by atoms with Gasteiger partial charge in [-0.2, -0.15) is 23.3 Å². The van der Waals surface area contributed by atoms with Crippen LogP contribution in [0.2, 0.25) is 0 Å². The van der Waals surface area contributed by atoms with Crippen LogP contribution in [0.5, 0.6) is 11.8 Å². The number of carbonyl (C=O) groups is 1. The van der Waals surface area contributed by atoms with Gasteiger partial charge in [0.2, 0.25) is 11.8 Å². The zero-order valence-electron chi connectivity index (χ0n) is 27.8. The van der Waals surface area contributed by atoms with Crippen LogP contribution in [0.15, 0.2) is 91.0 Å². The van der Waals surface area contributed by atoms with E-state index in [4.69, 9.17) is 24.3 Å². The van der Waals surface area contributed by atoms with Crippen molar-refractivity contribution in [3.8, 4) is 23.0 Å². The number of alkyl halides is 3. The van der Waals surface area contributed by atoms with E-state index in [1.165, 1.54) is 0 Å². The molecule has 1 fully saturated rings. The molecule has 9 nitrogen and oxygen atoms in total. The zero-order chi connectivity index (χ0) is 34.8. The van der Waals surface area contributed by atoms with Crippen LogP contribution in [-0.2, 0) is 25.0 Å². The van der Waals surface area contributed by atoms with E-state index in [1.54, 1.807) is 49.5 Å². The Balaban J connectivity index is 1.29. The largest absolute Gasteiger partial charge is 0.473 e. The third-order valence-electron chi connectivity index (χ3n) is 8.12. The van der Waals surface area contributed by atoms with Gasteiger partial charge in [0.05, 0.1) is 11.1 Å². The van der Waals surface area contributed by atoms with Crippen molar-refractivity contribution in [1.29, 1.82) is 0 Å². The molecule has 1 saturated heterocycles. The summed E-state index contributed by atoms with van der Waals surface area (Å²) in [6.07, 6.45) is -5.61. The van der Waals surface area contributed by atoms with E-state index in [2.05, 4.69) is 0 Å². The van der Waals surface area contributed by atoms with Crippen molar-refractivity contribution in [3.05, 3.63) is 102 Å². The quantitative estimate of drug-likeness (QED) is 0.166. The number of aromatic nitrogens is 3. The molecule has 256 valence electrons. The topological polar surface area (TPSA) is 82.0 Å². The summed E-state index contributed by atoms with van der Waals surface area (Å²) in [6.45, 7) is 5.13. The van der Waals surface area contributed by atoms with Crippen molar-refractivity contribution in [2.75, 3.05) is 24.5 Å². The van der Waals surface area contributed by atoms with Gasteiger partial charge in [0.1, 0.15) is 30.6 Å². The minimum Gasteiger partial charge on any atom is -0.473 e. The molecule has 0 aliphatic carbocycles. The molecule has 49 heavy (non-hydrogen) atoms. The fourth-order valence-corrected chi connectivity index (χ4v) is 5.73. The molecule has 0 unspecified atom stereocenters. The normalized spacial score (nSPS) is 15.4. The van der Waals surface area contributed by atoms with Gasteiger partial charge >= 0.3 is 12.3 Å². The zero-order valence-corrected chi connectivity index (χ0v) is 27.8. The van der Waals surface area contributed by atoms with Gasteiger partial charge in [0, 0.05) is 43.8 Å². The molecule has 6 rings (SSSR count). The molecule has 1 atom stereocenters. The number of piperazine rings is 1. The first-order chi connectivity index (χ1) is 23.4. The Morgan fingerprint density at radius 2 is 1.51 bits per heavy atom. The number of hydrogen-bond donors (Lipinski definition) is 0. The number of halogens is 3. The van der Waals surface area contributed by atoms with Gasteiger partial charge in [-0.15, -0.1) is 0 Å². The molecule has 0 bridgehead atoms. The molecule has 0 radical (unpaired) electrons. The molecule has 2 aromatic heterocycles. The summed E-state index contributed by atoms with van der Waals surface area (Å²) in [5, 5.41) is 5.57. The van der Waals surface area contributed by atoms with E-state index >= 15 is 0 Å². The van der Waals surface area contributed by atoms with Crippen LogP contribution in [-0.4, -0.2) is 63.2 Å². The van der Waals surface area contributed by atoms with E-state index < -0.39 is 30.5 Å². The fraction of sp³-hybridized carbons (Fsp3) is 0.324. The van der Waals surface area contributed by atoms with E-state index in [9.17, 15) is 18.0 Å². The Labute approximate surface area is 282 Å². The van der Waals surface area contributed by atoms with Crippen molar-refractivity contribution in [2.45, 2.75) is 51.8 Å². The first-order valence-corrected chi connectivity index (χ1v) is 16.0. The number of rotatable bonds is 8. The molecule has 0 spiro atoms. The maximum Gasteiger partial charge on any atom is 0.410 e. The summed E-state index contributed by atoms with van der Waals surface area (Å²) < 4.78 is 61.9. The van der Waals surface area contributed by atoms with Crippen LogP contribution in [0.3, 0.4) is 0 Å². The summed E-state index contributed by atoms with van der Waals surface area (Å²) in [7, 11) is 1.78. The minimum absolute atomic E-state index is 0.139. The molecule has 0 saturated carbocycles. The van der Waals surface area contributed by atoms with Crippen LogP contribution in [0.4, 0.5) is 23.7 Å². The van der Waals surface area contributed by atoms with Crippen LogP contribution < -0.4 is 14.4 Å². The molecule has 0 N–H and O–H groups in total. The summed E-state index contributed by atoms with van der Waals surface area (Å²) >= 11 is 0. The van der Waals surface area contributed by atoms with Crippen LogP contribution in [0.25, 0.3) is 22.2 Å². The minimum atomic E-state index is -4.64. The lowest BCUT2D eigenvalue weighted by Crippen LogP contribution is -2.61. The van der Waals surface area contributed by atoms with Crippen molar-refractivity contribution in [3.63, 3.8) is 0 Å². The highest BCUT2D eigenvalue weighted by Crippen LogP contribution is 2.37. The molecule has 12 heteroatoms. The third-order valence-corrected chi connectivity index (χ3v) is 8.12. The summed E-state index contributed by atoms with van der Waals surface area (Å²) in [5.74, 6) is 0.729. The summed E-state index contributed by atoms with van der Waals surface area (Å²) in [6, 6.07) is 26.5. The lowest BCUT2D eigenvalue weighted by molar-refractivity contribution is -0.181. The van der Waals surface area contributed by atoms with E-state index in [0.717, 1.165) is 21.4 Å². The predicted molar refractivity (Wildman–Crippen MR) is 180 cm³/mol. The number of fused-ring (bicyclic) bond motifs is 1. The Hall–Kier alpha value is -5.26. The SMILES string of the molecule is Cn1nc(-c2ccc(OCc3ccccc3)nc2OCc2ccccc2)c2ccc(N3CCN(C(=O)OC(C)(C)C)[C@@H](C(F)(F)F)C3)cc21. The third kappa shape index (κ3) is 7.90. The number of anilines is 1. The van der Waals surface area contributed by atoms with Crippen LogP contribution >= 0.6 is 0 Å². The van der Waals surface area contributed by atoms with Gasteiger partial charge in [0.15, 0.2) is 0 Å². The van der Waals surface area contributed by atoms with E-state index in [1.807, 2.05) is 78.9 Å². The van der Waals surface area contributed by atoms with Gasteiger partial charge in [0.25, 0.3) is 0 Å². The molecule has 1 aliphatic rings. The number of amides is 1.